The molecule has 3 aromatic rings. The van der Waals surface area contributed by atoms with Crippen molar-refractivity contribution in [1.29, 1.82) is 0 Å². The first-order valence-corrected chi connectivity index (χ1v) is 11.5. The Balaban J connectivity index is 1.17. The molecular weight excluding hydrogens is 432 g/mol. The quantitative estimate of drug-likeness (QED) is 0.591. The summed E-state index contributed by atoms with van der Waals surface area (Å²) in [6.07, 6.45) is 5.32. The van der Waals surface area contributed by atoms with Crippen LogP contribution in [0.25, 0.3) is 5.69 Å². The van der Waals surface area contributed by atoms with Gasteiger partial charge in [-0.25, -0.2) is 9.48 Å². The van der Waals surface area contributed by atoms with E-state index in [0.717, 1.165) is 40.2 Å². The third-order valence-corrected chi connectivity index (χ3v) is 6.85. The lowest BCUT2D eigenvalue weighted by molar-refractivity contribution is -0.137. The number of aromatic nitrogens is 2. The topological polar surface area (TPSA) is 99.6 Å². The molecule has 9 heteroatoms. The minimum absolute atomic E-state index is 0.170. The molecule has 2 aromatic carbocycles. The van der Waals surface area contributed by atoms with Crippen molar-refractivity contribution in [3.05, 3.63) is 71.5 Å². The Bertz CT molecular complexity index is 1300. The molecule has 4 amide bonds. The van der Waals surface area contributed by atoms with Crippen LogP contribution in [0.3, 0.4) is 0 Å². The number of nitrogens with one attached hydrogen (secondary N) is 2. The van der Waals surface area contributed by atoms with E-state index in [0.29, 0.717) is 32.5 Å². The van der Waals surface area contributed by atoms with Crippen molar-refractivity contribution in [2.75, 3.05) is 16.8 Å². The van der Waals surface area contributed by atoms with Gasteiger partial charge in [-0.1, -0.05) is 12.1 Å². The number of benzene rings is 2. The second-order valence-corrected chi connectivity index (χ2v) is 8.91. The maximum Gasteiger partial charge on any atom is 0.326 e. The average molecular weight is 457 g/mol. The van der Waals surface area contributed by atoms with Crippen molar-refractivity contribution in [1.82, 2.24) is 20.0 Å². The molecule has 0 aliphatic carbocycles. The number of hydrogen-bond donors (Lipinski definition) is 2. The summed E-state index contributed by atoms with van der Waals surface area (Å²) >= 11 is 0. The first-order chi connectivity index (χ1) is 16.6. The van der Waals surface area contributed by atoms with Gasteiger partial charge in [0.15, 0.2) is 0 Å². The van der Waals surface area contributed by atoms with Crippen molar-refractivity contribution in [2.45, 2.75) is 38.4 Å². The van der Waals surface area contributed by atoms with Crippen LogP contribution in [0, 0.1) is 0 Å². The lowest BCUT2D eigenvalue weighted by Crippen LogP contribution is -2.50. The minimum atomic E-state index is -0.298. The molecule has 4 heterocycles. The zero-order valence-corrected chi connectivity index (χ0v) is 18.5. The number of urea groups is 1. The third-order valence-electron chi connectivity index (χ3n) is 6.85. The van der Waals surface area contributed by atoms with Gasteiger partial charge < -0.3 is 5.32 Å². The Morgan fingerprint density at radius 2 is 1.88 bits per heavy atom. The highest BCUT2D eigenvalue weighted by molar-refractivity contribution is 6.03. The molecule has 1 aromatic heterocycles. The van der Waals surface area contributed by atoms with Gasteiger partial charge in [-0.3, -0.25) is 24.7 Å². The van der Waals surface area contributed by atoms with Gasteiger partial charge in [-0.15, -0.1) is 0 Å². The fourth-order valence-electron chi connectivity index (χ4n) is 5.19. The van der Waals surface area contributed by atoms with E-state index in [-0.39, 0.29) is 23.9 Å². The van der Waals surface area contributed by atoms with E-state index >= 15 is 0 Å². The van der Waals surface area contributed by atoms with Gasteiger partial charge in [0, 0.05) is 49.7 Å². The summed E-state index contributed by atoms with van der Waals surface area (Å²) in [4.78, 5) is 40.7. The van der Waals surface area contributed by atoms with Crippen molar-refractivity contribution < 1.29 is 14.4 Å². The first-order valence-electron chi connectivity index (χ1n) is 11.5. The number of amides is 4. The summed E-state index contributed by atoms with van der Waals surface area (Å²) in [5, 5.41) is 9.81. The second kappa shape index (κ2) is 8.11. The Kier molecular flexibility index (Phi) is 4.91. The smallest absolute Gasteiger partial charge is 0.308 e. The highest BCUT2D eigenvalue weighted by Crippen LogP contribution is 2.34. The van der Waals surface area contributed by atoms with Crippen LogP contribution in [0.15, 0.2) is 54.9 Å². The van der Waals surface area contributed by atoms with Gasteiger partial charge in [-0.05, 0) is 54.3 Å². The minimum Gasteiger partial charge on any atom is -0.308 e. The van der Waals surface area contributed by atoms with Crippen LogP contribution in [-0.4, -0.2) is 45.1 Å². The van der Waals surface area contributed by atoms with Crippen LogP contribution in [0.5, 0.6) is 0 Å². The molecule has 1 atom stereocenters. The lowest BCUT2D eigenvalue weighted by Gasteiger charge is -2.29. The van der Waals surface area contributed by atoms with Crippen molar-refractivity contribution in [3.63, 3.8) is 0 Å². The number of nitrogens with zero attached hydrogens (tertiary/aromatic N) is 4. The van der Waals surface area contributed by atoms with E-state index in [1.807, 2.05) is 53.3 Å². The van der Waals surface area contributed by atoms with E-state index in [1.165, 1.54) is 0 Å². The van der Waals surface area contributed by atoms with Crippen LogP contribution >= 0.6 is 0 Å². The third kappa shape index (κ3) is 3.54. The summed E-state index contributed by atoms with van der Waals surface area (Å²) in [6, 6.07) is 13.2. The van der Waals surface area contributed by atoms with Gasteiger partial charge in [-0.2, -0.15) is 5.10 Å². The molecule has 2 N–H and O–H groups in total. The zero-order valence-electron chi connectivity index (χ0n) is 18.5. The molecule has 172 valence electrons. The number of hydrogen-bond acceptors (Lipinski definition) is 5. The molecule has 3 aliphatic rings. The summed E-state index contributed by atoms with van der Waals surface area (Å²) < 4.78 is 1.83. The fraction of sp³-hybridized carbons (Fsp3) is 0.280. The molecule has 34 heavy (non-hydrogen) atoms. The van der Waals surface area contributed by atoms with Crippen molar-refractivity contribution in [3.8, 4) is 5.69 Å². The number of rotatable bonds is 3. The van der Waals surface area contributed by atoms with Gasteiger partial charge in [0.05, 0.1) is 17.4 Å². The number of carbonyl (C=O) groups is 3. The maximum absolute atomic E-state index is 13.2. The SMILES string of the molecule is O=C1CCC(N2Cc3ccc(NC(=O)N4CCc5c4cccc5-n4cccn4)cc3C2)C(=O)N1. The molecule has 0 bridgehead atoms. The van der Waals surface area contributed by atoms with Crippen LogP contribution in [-0.2, 0) is 29.1 Å². The van der Waals surface area contributed by atoms with Gasteiger partial charge >= 0.3 is 6.03 Å². The van der Waals surface area contributed by atoms with Gasteiger partial charge in [0.2, 0.25) is 11.8 Å². The van der Waals surface area contributed by atoms with Gasteiger partial charge in [0.1, 0.15) is 0 Å². The normalized spacial score (nSPS) is 19.6. The van der Waals surface area contributed by atoms with E-state index in [2.05, 4.69) is 20.6 Å². The van der Waals surface area contributed by atoms with Crippen LogP contribution in [0.1, 0.15) is 29.5 Å². The molecule has 1 saturated heterocycles. The standard InChI is InChI=1S/C25H24N6O3/c32-23-8-7-22(24(33)28-23)29-14-16-5-6-18(13-17(16)15-29)27-25(34)30-12-9-19-20(30)3-1-4-21(19)31-11-2-10-26-31/h1-6,10-11,13,22H,7-9,12,14-15H2,(H,27,34)(H,28,32,33). The molecular formula is C25H24N6O3. The summed E-state index contributed by atoms with van der Waals surface area (Å²) in [5.74, 6) is -0.428. The molecule has 0 spiro atoms. The Morgan fingerprint density at radius 1 is 1.03 bits per heavy atom. The highest BCUT2D eigenvalue weighted by Gasteiger charge is 2.35. The molecule has 0 saturated carbocycles. The number of carbonyl (C=O) groups excluding carboxylic acids is 3. The highest BCUT2D eigenvalue weighted by atomic mass is 16.2. The number of imide groups is 1. The van der Waals surface area contributed by atoms with Crippen LogP contribution in [0.4, 0.5) is 16.2 Å². The molecule has 6 rings (SSSR count). The monoisotopic (exact) mass is 456 g/mol. The first kappa shape index (κ1) is 20.6. The molecule has 1 unspecified atom stereocenters. The molecule has 3 aliphatic heterocycles. The fourth-order valence-corrected chi connectivity index (χ4v) is 5.19. The van der Waals surface area contributed by atoms with Gasteiger partial charge in [0.25, 0.3) is 0 Å². The largest absolute Gasteiger partial charge is 0.326 e. The second-order valence-electron chi connectivity index (χ2n) is 8.91. The summed E-state index contributed by atoms with van der Waals surface area (Å²) in [7, 11) is 0. The Labute approximate surface area is 196 Å². The Hall–Kier alpha value is -3.98. The van der Waals surface area contributed by atoms with Crippen LogP contribution < -0.4 is 15.5 Å². The molecule has 1 fully saturated rings. The predicted molar refractivity (Wildman–Crippen MR) is 125 cm³/mol. The van der Waals surface area contributed by atoms with Crippen LogP contribution in [0.2, 0.25) is 0 Å². The summed E-state index contributed by atoms with van der Waals surface area (Å²) in [5.41, 5.74) is 5.95. The maximum atomic E-state index is 13.2. The van der Waals surface area contributed by atoms with E-state index in [1.54, 1.807) is 11.1 Å². The zero-order chi connectivity index (χ0) is 23.2. The number of anilines is 2. The number of fused-ring (bicyclic) bond motifs is 2. The molecule has 9 nitrogen and oxygen atoms in total. The Morgan fingerprint density at radius 3 is 2.71 bits per heavy atom. The molecule has 0 radical (unpaired) electrons. The summed E-state index contributed by atoms with van der Waals surface area (Å²) in [6.45, 7) is 1.88. The van der Waals surface area contributed by atoms with Crippen molar-refractivity contribution >= 4 is 29.2 Å². The average Bonchev–Trinajstić information content (AvgIpc) is 3.57. The number of piperidine rings is 1. The van der Waals surface area contributed by atoms with E-state index in [4.69, 9.17) is 0 Å². The van der Waals surface area contributed by atoms with Crippen molar-refractivity contribution in [2.24, 2.45) is 0 Å². The van der Waals surface area contributed by atoms with E-state index < -0.39 is 0 Å². The lowest BCUT2D eigenvalue weighted by atomic mass is 10.0. The van der Waals surface area contributed by atoms with E-state index in [9.17, 15) is 14.4 Å². The predicted octanol–water partition coefficient (Wildman–Crippen LogP) is 2.59.